The van der Waals surface area contributed by atoms with E-state index in [2.05, 4.69) is 5.32 Å². The van der Waals surface area contributed by atoms with Crippen LogP contribution in [-0.4, -0.2) is 32.6 Å². The summed E-state index contributed by atoms with van der Waals surface area (Å²) in [4.78, 5) is 26.4. The minimum absolute atomic E-state index is 0.0240. The molecule has 142 valence electrons. The third-order valence-electron chi connectivity index (χ3n) is 4.36. The Morgan fingerprint density at radius 3 is 2.67 bits per heavy atom. The van der Waals surface area contributed by atoms with Gasteiger partial charge in [0.2, 0.25) is 11.8 Å². The molecule has 1 atom stereocenters. The third-order valence-corrected chi connectivity index (χ3v) is 4.60. The van der Waals surface area contributed by atoms with Gasteiger partial charge in [-0.15, -0.1) is 0 Å². The molecule has 27 heavy (non-hydrogen) atoms. The van der Waals surface area contributed by atoms with Gasteiger partial charge in [0, 0.05) is 24.1 Å². The van der Waals surface area contributed by atoms with Crippen LogP contribution in [0.15, 0.2) is 36.4 Å². The van der Waals surface area contributed by atoms with Crippen molar-refractivity contribution in [2.24, 2.45) is 5.92 Å². The van der Waals surface area contributed by atoms with E-state index in [0.29, 0.717) is 17.2 Å². The molecule has 1 fully saturated rings. The second-order valence-electron chi connectivity index (χ2n) is 6.06. The predicted molar refractivity (Wildman–Crippen MR) is 100 cm³/mol. The molecular formula is C19H18ClFN2O4. The highest BCUT2D eigenvalue weighted by atomic mass is 35.5. The van der Waals surface area contributed by atoms with Gasteiger partial charge >= 0.3 is 0 Å². The maximum Gasteiger partial charge on any atom is 0.229 e. The Balaban J connectivity index is 1.76. The molecule has 2 aromatic carbocycles. The number of carbonyl (C=O) groups excluding carboxylic acids is 2. The van der Waals surface area contributed by atoms with Crippen molar-refractivity contribution in [3.05, 3.63) is 47.2 Å². The number of nitrogens with one attached hydrogen (secondary N) is 1. The van der Waals surface area contributed by atoms with Gasteiger partial charge in [0.05, 0.1) is 31.5 Å². The molecule has 8 heteroatoms. The number of carbonyl (C=O) groups is 2. The standard InChI is InChI=1S/C19H18ClFN2O4/c1-26-13-4-6-16(17(9-13)27-2)23-10-11(7-18(23)24)19(25)22-15-5-3-12(20)8-14(15)21/h3-6,8-9,11H,7,10H2,1-2H3,(H,22,25)/t11-/m0/s1. The van der Waals surface area contributed by atoms with Gasteiger partial charge in [0.25, 0.3) is 0 Å². The molecule has 0 radical (unpaired) electrons. The zero-order valence-corrected chi connectivity index (χ0v) is 15.5. The largest absolute Gasteiger partial charge is 0.497 e. The van der Waals surface area contributed by atoms with Crippen molar-refractivity contribution in [2.75, 3.05) is 31.0 Å². The van der Waals surface area contributed by atoms with Crippen molar-refractivity contribution in [1.29, 1.82) is 0 Å². The Morgan fingerprint density at radius 1 is 1.22 bits per heavy atom. The molecule has 2 amide bonds. The molecule has 2 aromatic rings. The number of benzene rings is 2. The number of anilines is 2. The van der Waals surface area contributed by atoms with Crippen molar-refractivity contribution >= 4 is 34.8 Å². The van der Waals surface area contributed by atoms with Crippen molar-refractivity contribution in [2.45, 2.75) is 6.42 Å². The lowest BCUT2D eigenvalue weighted by molar-refractivity contribution is -0.122. The lowest BCUT2D eigenvalue weighted by Crippen LogP contribution is -2.28. The molecule has 1 heterocycles. The summed E-state index contributed by atoms with van der Waals surface area (Å²) in [5.41, 5.74) is 0.577. The van der Waals surface area contributed by atoms with Crippen LogP contribution < -0.4 is 19.7 Å². The van der Waals surface area contributed by atoms with Crippen LogP contribution in [0.4, 0.5) is 15.8 Å². The van der Waals surface area contributed by atoms with Gasteiger partial charge in [0.1, 0.15) is 17.3 Å². The minimum Gasteiger partial charge on any atom is -0.497 e. The molecule has 0 bridgehead atoms. The third kappa shape index (κ3) is 3.98. The van der Waals surface area contributed by atoms with E-state index >= 15 is 0 Å². The summed E-state index contributed by atoms with van der Waals surface area (Å²) >= 11 is 5.71. The van der Waals surface area contributed by atoms with E-state index < -0.39 is 17.6 Å². The quantitative estimate of drug-likeness (QED) is 0.845. The molecule has 0 aromatic heterocycles. The molecule has 0 aliphatic carbocycles. The molecular weight excluding hydrogens is 375 g/mol. The summed E-state index contributed by atoms with van der Waals surface area (Å²) in [5, 5.41) is 2.75. The van der Waals surface area contributed by atoms with Crippen LogP contribution in [0.25, 0.3) is 0 Å². The molecule has 1 saturated heterocycles. The van der Waals surface area contributed by atoms with Crippen LogP contribution in [0.2, 0.25) is 5.02 Å². The highest BCUT2D eigenvalue weighted by molar-refractivity contribution is 6.30. The first kappa shape index (κ1) is 19.0. The van der Waals surface area contributed by atoms with Crippen LogP contribution in [0.5, 0.6) is 11.5 Å². The summed E-state index contributed by atoms with van der Waals surface area (Å²) in [7, 11) is 3.03. The zero-order chi connectivity index (χ0) is 19.6. The van der Waals surface area contributed by atoms with Gasteiger partial charge in [-0.05, 0) is 30.3 Å². The first-order valence-electron chi connectivity index (χ1n) is 8.21. The van der Waals surface area contributed by atoms with Gasteiger partial charge in [-0.25, -0.2) is 4.39 Å². The summed E-state index contributed by atoms with van der Waals surface area (Å²) in [6, 6.07) is 9.06. The van der Waals surface area contributed by atoms with E-state index in [4.69, 9.17) is 21.1 Å². The molecule has 0 spiro atoms. The van der Waals surface area contributed by atoms with Crippen LogP contribution >= 0.6 is 11.6 Å². The number of hydrogen-bond acceptors (Lipinski definition) is 4. The Labute approximate surface area is 160 Å². The van der Waals surface area contributed by atoms with Crippen LogP contribution in [0.1, 0.15) is 6.42 Å². The Kier molecular flexibility index (Phi) is 5.51. The lowest BCUT2D eigenvalue weighted by atomic mass is 10.1. The fraction of sp³-hybridized carbons (Fsp3) is 0.263. The minimum atomic E-state index is -0.631. The number of methoxy groups -OCH3 is 2. The molecule has 0 unspecified atom stereocenters. The Morgan fingerprint density at radius 2 is 2.00 bits per heavy atom. The molecule has 6 nitrogen and oxygen atoms in total. The first-order chi connectivity index (χ1) is 12.9. The van der Waals surface area contributed by atoms with Crippen molar-refractivity contribution in [3.8, 4) is 11.5 Å². The van der Waals surface area contributed by atoms with E-state index in [9.17, 15) is 14.0 Å². The number of hydrogen-bond donors (Lipinski definition) is 1. The normalized spacial score (nSPS) is 16.4. The van der Waals surface area contributed by atoms with Gasteiger partial charge in [-0.3, -0.25) is 9.59 Å². The number of halogens is 2. The molecule has 1 aliphatic heterocycles. The first-order valence-corrected chi connectivity index (χ1v) is 8.59. The number of rotatable bonds is 5. The Hall–Kier alpha value is -2.80. The summed E-state index contributed by atoms with van der Waals surface area (Å²) in [5.74, 6) is -0.828. The Bertz CT molecular complexity index is 890. The summed E-state index contributed by atoms with van der Waals surface area (Å²) < 4.78 is 24.4. The number of ether oxygens (including phenoxy) is 2. The monoisotopic (exact) mass is 392 g/mol. The molecule has 1 aliphatic rings. The van der Waals surface area contributed by atoms with E-state index in [1.165, 1.54) is 31.3 Å². The molecule has 3 rings (SSSR count). The van der Waals surface area contributed by atoms with E-state index in [0.717, 1.165) is 6.07 Å². The van der Waals surface area contributed by atoms with E-state index in [-0.39, 0.29) is 29.6 Å². The number of nitrogens with zero attached hydrogens (tertiary/aromatic N) is 1. The van der Waals surface area contributed by atoms with Crippen LogP contribution in [-0.2, 0) is 9.59 Å². The van der Waals surface area contributed by atoms with Crippen molar-refractivity contribution < 1.29 is 23.5 Å². The van der Waals surface area contributed by atoms with Gasteiger partial charge in [-0.2, -0.15) is 0 Å². The average molecular weight is 393 g/mol. The second kappa shape index (κ2) is 7.84. The second-order valence-corrected chi connectivity index (χ2v) is 6.49. The zero-order valence-electron chi connectivity index (χ0n) is 14.8. The highest BCUT2D eigenvalue weighted by Crippen LogP contribution is 2.36. The number of amides is 2. The summed E-state index contributed by atoms with van der Waals surface area (Å²) in [6.07, 6.45) is 0.0240. The van der Waals surface area contributed by atoms with Gasteiger partial charge in [-0.1, -0.05) is 11.6 Å². The van der Waals surface area contributed by atoms with Crippen LogP contribution in [0, 0.1) is 11.7 Å². The topological polar surface area (TPSA) is 67.9 Å². The fourth-order valence-corrected chi connectivity index (χ4v) is 3.11. The lowest BCUT2D eigenvalue weighted by Gasteiger charge is -2.20. The SMILES string of the molecule is COc1ccc(N2C[C@@H](C(=O)Nc3ccc(Cl)cc3F)CC2=O)c(OC)c1. The average Bonchev–Trinajstić information content (AvgIpc) is 3.05. The highest BCUT2D eigenvalue weighted by Gasteiger charge is 2.36. The van der Waals surface area contributed by atoms with E-state index in [1.807, 2.05) is 0 Å². The maximum absolute atomic E-state index is 13.9. The van der Waals surface area contributed by atoms with Crippen LogP contribution in [0.3, 0.4) is 0 Å². The molecule has 0 saturated carbocycles. The van der Waals surface area contributed by atoms with Gasteiger partial charge in [0.15, 0.2) is 0 Å². The molecule has 1 N–H and O–H groups in total. The van der Waals surface area contributed by atoms with E-state index in [1.54, 1.807) is 18.2 Å². The van der Waals surface area contributed by atoms with Crippen molar-refractivity contribution in [3.63, 3.8) is 0 Å². The maximum atomic E-state index is 13.9. The van der Waals surface area contributed by atoms with Gasteiger partial charge < -0.3 is 19.7 Å². The summed E-state index contributed by atoms with van der Waals surface area (Å²) in [6.45, 7) is 0.169. The van der Waals surface area contributed by atoms with Crippen molar-refractivity contribution in [1.82, 2.24) is 0 Å². The fourth-order valence-electron chi connectivity index (χ4n) is 2.95. The predicted octanol–water partition coefficient (Wildman–Crippen LogP) is 3.49. The smallest absolute Gasteiger partial charge is 0.229 e.